The van der Waals surface area contributed by atoms with Crippen LogP contribution in [0.1, 0.15) is 29.3 Å². The van der Waals surface area contributed by atoms with Crippen LogP contribution >= 0.6 is 0 Å². The van der Waals surface area contributed by atoms with Crippen LogP contribution in [0.5, 0.6) is 17.5 Å². The zero-order valence-corrected chi connectivity index (χ0v) is 15.1. The molecule has 1 aliphatic heterocycles. The minimum Gasteiger partial charge on any atom is -0.462 e. The summed E-state index contributed by atoms with van der Waals surface area (Å²) < 4.78 is 17.6. The molecule has 1 aromatic heterocycles. The van der Waals surface area contributed by atoms with E-state index in [0.717, 1.165) is 12.0 Å². The highest BCUT2D eigenvalue weighted by molar-refractivity contribution is 5.98. The van der Waals surface area contributed by atoms with E-state index in [4.69, 9.17) is 14.2 Å². The third kappa shape index (κ3) is 3.23. The number of nitrogens with zero attached hydrogens (tertiary/aromatic N) is 3. The quantitative estimate of drug-likeness (QED) is 0.689. The number of hydrogen-bond acceptors (Lipinski definition) is 6. The molecule has 138 valence electrons. The molecular weight excluding hydrogens is 346 g/mol. The second-order valence-electron chi connectivity index (χ2n) is 6.17. The lowest BCUT2D eigenvalue weighted by atomic mass is 10.1. The maximum atomic E-state index is 13.1. The van der Waals surface area contributed by atoms with Crippen molar-refractivity contribution in [3.63, 3.8) is 0 Å². The second-order valence-corrected chi connectivity index (χ2v) is 6.17. The fourth-order valence-corrected chi connectivity index (χ4v) is 2.84. The highest BCUT2D eigenvalue weighted by Crippen LogP contribution is 2.36. The van der Waals surface area contributed by atoms with Crippen molar-refractivity contribution in [1.29, 1.82) is 0 Å². The van der Waals surface area contributed by atoms with Gasteiger partial charge in [0.25, 0.3) is 5.91 Å². The van der Waals surface area contributed by atoms with E-state index in [9.17, 15) is 4.79 Å². The fraction of sp³-hybridized carbons (Fsp3) is 0.250. The number of carbonyl (C=O) groups excluding carboxylic acids is 1. The predicted octanol–water partition coefficient (Wildman–Crippen LogP) is 3.46. The van der Waals surface area contributed by atoms with Crippen molar-refractivity contribution in [2.75, 3.05) is 13.4 Å². The maximum Gasteiger partial charge on any atom is 0.336 e. The summed E-state index contributed by atoms with van der Waals surface area (Å²) in [6.45, 7) is 4.54. The zero-order chi connectivity index (χ0) is 18.8. The molecule has 0 bridgehead atoms. The number of carbonyl (C=O) groups is 1. The molecule has 0 spiro atoms. The minimum atomic E-state index is -0.264. The van der Waals surface area contributed by atoms with Crippen LogP contribution in [0.3, 0.4) is 0 Å². The zero-order valence-electron chi connectivity index (χ0n) is 15.1. The molecule has 0 amide bonds. The number of aryl methyl sites for hydroxylation is 1. The second kappa shape index (κ2) is 7.11. The molecule has 4 rings (SSSR count). The smallest absolute Gasteiger partial charge is 0.336 e. The Morgan fingerprint density at radius 1 is 1.19 bits per heavy atom. The Labute approximate surface area is 156 Å². The van der Waals surface area contributed by atoms with Crippen LogP contribution in [0.25, 0.3) is 11.4 Å². The molecule has 27 heavy (non-hydrogen) atoms. The SMILES string of the molecule is CCCOc1nc(-c2ccc3c(c2)OCO3)n(C(=O)c2ccccc2C)n1. The Morgan fingerprint density at radius 3 is 2.81 bits per heavy atom. The highest BCUT2D eigenvalue weighted by atomic mass is 16.7. The van der Waals surface area contributed by atoms with Crippen molar-refractivity contribution in [2.24, 2.45) is 0 Å². The van der Waals surface area contributed by atoms with Gasteiger partial charge in [0.15, 0.2) is 17.3 Å². The van der Waals surface area contributed by atoms with Gasteiger partial charge in [-0.05, 0) is 43.2 Å². The Hall–Kier alpha value is -3.35. The molecule has 0 radical (unpaired) electrons. The van der Waals surface area contributed by atoms with Crippen molar-refractivity contribution in [3.8, 4) is 28.9 Å². The van der Waals surface area contributed by atoms with Crippen molar-refractivity contribution >= 4 is 5.91 Å². The highest BCUT2D eigenvalue weighted by Gasteiger charge is 2.23. The first-order valence-corrected chi connectivity index (χ1v) is 8.77. The van der Waals surface area contributed by atoms with Gasteiger partial charge in [-0.1, -0.05) is 25.1 Å². The van der Waals surface area contributed by atoms with E-state index in [2.05, 4.69) is 10.1 Å². The Morgan fingerprint density at radius 2 is 2.00 bits per heavy atom. The topological polar surface area (TPSA) is 75.5 Å². The van der Waals surface area contributed by atoms with Gasteiger partial charge in [-0.3, -0.25) is 4.79 Å². The van der Waals surface area contributed by atoms with Crippen molar-refractivity contribution in [2.45, 2.75) is 20.3 Å². The number of aromatic nitrogens is 3. The Bertz CT molecular complexity index is 997. The molecule has 7 heteroatoms. The van der Waals surface area contributed by atoms with Crippen LogP contribution < -0.4 is 14.2 Å². The molecule has 0 N–H and O–H groups in total. The number of fused-ring (bicyclic) bond motifs is 1. The average Bonchev–Trinajstić information content (AvgIpc) is 3.32. The van der Waals surface area contributed by atoms with E-state index < -0.39 is 0 Å². The van der Waals surface area contributed by atoms with Gasteiger partial charge in [0.2, 0.25) is 6.79 Å². The largest absolute Gasteiger partial charge is 0.462 e. The van der Waals surface area contributed by atoms with Crippen LogP contribution in [-0.2, 0) is 0 Å². The molecule has 7 nitrogen and oxygen atoms in total. The summed E-state index contributed by atoms with van der Waals surface area (Å²) in [5, 5.41) is 4.30. The van der Waals surface area contributed by atoms with Crippen molar-refractivity contribution < 1.29 is 19.0 Å². The van der Waals surface area contributed by atoms with Gasteiger partial charge in [-0.25, -0.2) is 0 Å². The third-order valence-electron chi connectivity index (χ3n) is 4.22. The van der Waals surface area contributed by atoms with E-state index in [1.54, 1.807) is 18.2 Å². The lowest BCUT2D eigenvalue weighted by Crippen LogP contribution is -2.16. The first-order chi connectivity index (χ1) is 13.2. The molecule has 0 atom stereocenters. The first-order valence-electron chi connectivity index (χ1n) is 8.77. The molecule has 2 aromatic carbocycles. The normalized spacial score (nSPS) is 12.2. The standard InChI is InChI=1S/C20H19N3O4/c1-3-10-25-20-21-18(14-8-9-16-17(11-14)27-12-26-16)23(22-20)19(24)15-7-5-4-6-13(15)2/h4-9,11H,3,10,12H2,1-2H3. The number of ether oxygens (including phenoxy) is 3. The van der Waals surface area contributed by atoms with E-state index in [1.165, 1.54) is 4.68 Å². The lowest BCUT2D eigenvalue weighted by Gasteiger charge is -2.07. The van der Waals surface area contributed by atoms with Crippen LogP contribution in [-0.4, -0.2) is 34.1 Å². The molecule has 2 heterocycles. The maximum absolute atomic E-state index is 13.1. The number of rotatable bonds is 5. The first kappa shape index (κ1) is 17.1. The number of benzene rings is 2. The van der Waals surface area contributed by atoms with Gasteiger partial charge in [0.05, 0.1) is 6.61 Å². The molecule has 0 fully saturated rings. The monoisotopic (exact) mass is 365 g/mol. The number of hydrogen-bond donors (Lipinski definition) is 0. The summed E-state index contributed by atoms with van der Waals surface area (Å²) in [7, 11) is 0. The Balaban J connectivity index is 1.79. The van der Waals surface area contributed by atoms with Crippen LogP contribution in [0.15, 0.2) is 42.5 Å². The fourth-order valence-electron chi connectivity index (χ4n) is 2.84. The van der Waals surface area contributed by atoms with Gasteiger partial charge in [0, 0.05) is 11.1 Å². The van der Waals surface area contributed by atoms with Gasteiger partial charge in [0.1, 0.15) is 0 Å². The van der Waals surface area contributed by atoms with E-state index in [-0.39, 0.29) is 18.7 Å². The molecule has 0 saturated carbocycles. The third-order valence-corrected chi connectivity index (χ3v) is 4.22. The summed E-state index contributed by atoms with van der Waals surface area (Å²) in [6, 6.07) is 13.0. The van der Waals surface area contributed by atoms with E-state index in [0.29, 0.717) is 35.1 Å². The summed E-state index contributed by atoms with van der Waals surface area (Å²) in [4.78, 5) is 17.6. The summed E-state index contributed by atoms with van der Waals surface area (Å²) in [5.41, 5.74) is 2.12. The van der Waals surface area contributed by atoms with Crippen LogP contribution in [0.2, 0.25) is 0 Å². The van der Waals surface area contributed by atoms with Crippen molar-refractivity contribution in [1.82, 2.24) is 14.8 Å². The molecule has 1 aliphatic rings. The summed E-state index contributed by atoms with van der Waals surface area (Å²) >= 11 is 0. The van der Waals surface area contributed by atoms with Crippen LogP contribution in [0.4, 0.5) is 0 Å². The lowest BCUT2D eigenvalue weighted by molar-refractivity contribution is 0.0944. The van der Waals surface area contributed by atoms with E-state index in [1.807, 2.05) is 38.1 Å². The molecule has 0 aliphatic carbocycles. The molecular formula is C20H19N3O4. The average molecular weight is 365 g/mol. The van der Waals surface area contributed by atoms with E-state index >= 15 is 0 Å². The molecule has 0 saturated heterocycles. The van der Waals surface area contributed by atoms with Crippen LogP contribution in [0, 0.1) is 6.92 Å². The van der Waals surface area contributed by atoms with Gasteiger partial charge < -0.3 is 14.2 Å². The van der Waals surface area contributed by atoms with Gasteiger partial charge in [-0.2, -0.15) is 9.67 Å². The summed E-state index contributed by atoms with van der Waals surface area (Å²) in [6.07, 6.45) is 0.819. The Kier molecular flexibility index (Phi) is 4.50. The molecule has 0 unspecified atom stereocenters. The van der Waals surface area contributed by atoms with Gasteiger partial charge >= 0.3 is 6.01 Å². The minimum absolute atomic E-state index is 0.173. The van der Waals surface area contributed by atoms with Crippen molar-refractivity contribution in [3.05, 3.63) is 53.6 Å². The van der Waals surface area contributed by atoms with Gasteiger partial charge in [-0.15, -0.1) is 5.10 Å². The summed E-state index contributed by atoms with van der Waals surface area (Å²) in [5.74, 6) is 1.41. The predicted molar refractivity (Wildman–Crippen MR) is 98.3 cm³/mol. The molecule has 3 aromatic rings.